The third-order valence-electron chi connectivity index (χ3n) is 4.44. The molecule has 2 unspecified atom stereocenters. The van der Waals surface area contributed by atoms with E-state index >= 15 is 0 Å². The molecular weight excluding hydrogens is 370 g/mol. The minimum atomic E-state index is -1.51. The summed E-state index contributed by atoms with van der Waals surface area (Å²) in [6, 6.07) is 10.0. The van der Waals surface area contributed by atoms with Crippen LogP contribution in [-0.2, 0) is 9.47 Å². The fraction of sp³-hybridized carbons (Fsp3) is 0.368. The summed E-state index contributed by atoms with van der Waals surface area (Å²) in [5.74, 6) is -0.195. The molecule has 0 saturated carbocycles. The Labute approximate surface area is 160 Å². The van der Waals surface area contributed by atoms with E-state index in [-0.39, 0.29) is 5.69 Å². The average molecular weight is 391 g/mol. The van der Waals surface area contributed by atoms with Gasteiger partial charge in [-0.1, -0.05) is 12.1 Å². The molecule has 3 rings (SSSR count). The lowest BCUT2D eigenvalue weighted by molar-refractivity contribution is -0.277. The quantitative estimate of drug-likeness (QED) is 0.507. The molecule has 150 valence electrons. The van der Waals surface area contributed by atoms with Crippen molar-refractivity contribution >= 4 is 5.97 Å². The number of aromatic nitrogens is 1. The van der Waals surface area contributed by atoms with Gasteiger partial charge in [-0.2, -0.15) is 0 Å². The molecule has 1 aliphatic rings. The summed E-state index contributed by atoms with van der Waals surface area (Å²) in [7, 11) is 1.28. The molecule has 0 radical (unpaired) electrons. The van der Waals surface area contributed by atoms with Crippen molar-refractivity contribution in [2.75, 3.05) is 13.7 Å². The molecule has 2 aromatic rings. The molecule has 0 spiro atoms. The molecule has 0 bridgehead atoms. The predicted octanol–water partition coefficient (Wildman–Crippen LogP) is -0.286. The first-order valence-electron chi connectivity index (χ1n) is 8.56. The number of pyridine rings is 1. The zero-order valence-electron chi connectivity index (χ0n) is 15.0. The van der Waals surface area contributed by atoms with Crippen molar-refractivity contribution in [2.24, 2.45) is 0 Å². The number of rotatable bonds is 5. The number of benzene rings is 1. The number of ether oxygens (including phenoxy) is 3. The maximum absolute atomic E-state index is 11.6. The number of hydrogen-bond donors (Lipinski definition) is 4. The second-order valence-corrected chi connectivity index (χ2v) is 6.26. The summed E-state index contributed by atoms with van der Waals surface area (Å²) in [6.07, 6.45) is -5.24. The number of nitrogens with zero attached hydrogens (tertiary/aromatic N) is 1. The van der Waals surface area contributed by atoms with Crippen LogP contribution in [0.4, 0.5) is 0 Å². The molecule has 0 amide bonds. The van der Waals surface area contributed by atoms with Gasteiger partial charge in [0.05, 0.1) is 13.7 Å². The third kappa shape index (κ3) is 4.13. The lowest BCUT2D eigenvalue weighted by Crippen LogP contribution is -2.60. The number of carbonyl (C=O) groups excluding carboxylic acids is 1. The van der Waals surface area contributed by atoms with E-state index in [1.165, 1.54) is 13.3 Å². The van der Waals surface area contributed by atoms with E-state index in [0.29, 0.717) is 5.75 Å². The van der Waals surface area contributed by atoms with Crippen LogP contribution in [0.2, 0.25) is 0 Å². The molecule has 1 fully saturated rings. The first-order chi connectivity index (χ1) is 13.4. The van der Waals surface area contributed by atoms with Gasteiger partial charge in [-0.05, 0) is 35.4 Å². The van der Waals surface area contributed by atoms with Crippen LogP contribution in [0, 0.1) is 0 Å². The van der Waals surface area contributed by atoms with Gasteiger partial charge in [-0.3, -0.25) is 0 Å². The number of hydrogen-bond acceptors (Lipinski definition) is 9. The van der Waals surface area contributed by atoms with Gasteiger partial charge in [0, 0.05) is 6.20 Å². The van der Waals surface area contributed by atoms with Gasteiger partial charge in [0.1, 0.15) is 35.9 Å². The van der Waals surface area contributed by atoms with Crippen LogP contribution < -0.4 is 4.74 Å². The topological polar surface area (TPSA) is 139 Å². The summed E-state index contributed by atoms with van der Waals surface area (Å²) >= 11 is 0. The summed E-state index contributed by atoms with van der Waals surface area (Å²) in [4.78, 5) is 15.6. The van der Waals surface area contributed by atoms with E-state index in [1.807, 2.05) is 0 Å². The van der Waals surface area contributed by atoms with Gasteiger partial charge < -0.3 is 34.6 Å². The zero-order chi connectivity index (χ0) is 20.3. The molecule has 1 aromatic heterocycles. The minimum absolute atomic E-state index is 0.182. The Bertz CT molecular complexity index is 810. The zero-order valence-corrected chi connectivity index (χ0v) is 15.0. The smallest absolute Gasteiger partial charge is 0.356 e. The third-order valence-corrected chi connectivity index (χ3v) is 4.44. The molecule has 5 atom stereocenters. The Morgan fingerprint density at radius 2 is 1.79 bits per heavy atom. The van der Waals surface area contributed by atoms with E-state index < -0.39 is 43.3 Å². The number of carbonyl (C=O) groups is 1. The number of esters is 1. The van der Waals surface area contributed by atoms with Crippen LogP contribution >= 0.6 is 0 Å². The molecule has 2 heterocycles. The number of methoxy groups -OCH3 is 1. The van der Waals surface area contributed by atoms with Crippen LogP contribution in [0.5, 0.6) is 5.75 Å². The monoisotopic (exact) mass is 391 g/mol. The Balaban J connectivity index is 1.74. The first kappa shape index (κ1) is 20.2. The van der Waals surface area contributed by atoms with Crippen LogP contribution in [0.15, 0.2) is 42.6 Å². The summed E-state index contributed by atoms with van der Waals surface area (Å²) < 4.78 is 15.5. The summed E-state index contributed by atoms with van der Waals surface area (Å²) in [5, 5.41) is 38.9. The predicted molar refractivity (Wildman–Crippen MR) is 95.4 cm³/mol. The van der Waals surface area contributed by atoms with Crippen LogP contribution in [0.1, 0.15) is 10.5 Å². The second kappa shape index (κ2) is 8.63. The van der Waals surface area contributed by atoms with Crippen LogP contribution in [0.3, 0.4) is 0 Å². The molecule has 1 aromatic carbocycles. The van der Waals surface area contributed by atoms with Crippen molar-refractivity contribution < 1.29 is 39.4 Å². The second-order valence-electron chi connectivity index (χ2n) is 6.26. The van der Waals surface area contributed by atoms with Crippen molar-refractivity contribution in [1.29, 1.82) is 0 Å². The van der Waals surface area contributed by atoms with Crippen molar-refractivity contribution in [1.82, 2.24) is 4.98 Å². The maximum atomic E-state index is 11.6. The van der Waals surface area contributed by atoms with Gasteiger partial charge in [0.25, 0.3) is 0 Å². The van der Waals surface area contributed by atoms with Gasteiger partial charge in [-0.15, -0.1) is 0 Å². The largest absolute Gasteiger partial charge is 0.464 e. The van der Waals surface area contributed by atoms with Gasteiger partial charge in [0.15, 0.2) is 0 Å². The van der Waals surface area contributed by atoms with Crippen molar-refractivity contribution in [3.8, 4) is 16.9 Å². The lowest BCUT2D eigenvalue weighted by atomic mass is 9.99. The van der Waals surface area contributed by atoms with Crippen molar-refractivity contribution in [3.63, 3.8) is 0 Å². The van der Waals surface area contributed by atoms with E-state index in [4.69, 9.17) is 9.47 Å². The van der Waals surface area contributed by atoms with E-state index in [1.54, 1.807) is 36.4 Å². The highest BCUT2D eigenvalue weighted by Gasteiger charge is 2.44. The summed E-state index contributed by atoms with van der Waals surface area (Å²) in [5.41, 5.74) is 1.71. The maximum Gasteiger partial charge on any atom is 0.356 e. The van der Waals surface area contributed by atoms with Gasteiger partial charge >= 0.3 is 5.97 Å². The fourth-order valence-corrected chi connectivity index (χ4v) is 2.85. The van der Waals surface area contributed by atoms with Gasteiger partial charge in [-0.25, -0.2) is 9.78 Å². The van der Waals surface area contributed by atoms with Crippen LogP contribution in [0.25, 0.3) is 11.1 Å². The van der Waals surface area contributed by atoms with Crippen molar-refractivity contribution in [3.05, 3.63) is 48.3 Å². The molecule has 1 saturated heterocycles. The highest BCUT2D eigenvalue weighted by molar-refractivity contribution is 5.88. The fourth-order valence-electron chi connectivity index (χ4n) is 2.85. The molecule has 1 aliphatic heterocycles. The molecule has 0 aliphatic carbocycles. The average Bonchev–Trinajstić information content (AvgIpc) is 2.74. The van der Waals surface area contributed by atoms with E-state index in [9.17, 15) is 25.2 Å². The normalized spacial score (nSPS) is 27.2. The van der Waals surface area contributed by atoms with Crippen molar-refractivity contribution in [2.45, 2.75) is 30.7 Å². The Hall–Kier alpha value is -2.56. The molecule has 4 N–H and O–H groups in total. The Morgan fingerprint density at radius 1 is 1.07 bits per heavy atom. The lowest BCUT2D eigenvalue weighted by Gasteiger charge is -2.39. The summed E-state index contributed by atoms with van der Waals surface area (Å²) in [6.45, 7) is -0.533. The molecular formula is C19H21NO8. The SMILES string of the molecule is COC(=O)c1cc(-c2ccc(OC3O[C@H](CO)[C@@H](O)[C@H](O)C3O)cc2)ccn1. The van der Waals surface area contributed by atoms with Crippen LogP contribution in [-0.4, -0.2) is 75.8 Å². The highest BCUT2D eigenvalue weighted by atomic mass is 16.7. The Morgan fingerprint density at radius 3 is 2.43 bits per heavy atom. The molecule has 9 nitrogen and oxygen atoms in total. The molecule has 9 heteroatoms. The first-order valence-corrected chi connectivity index (χ1v) is 8.56. The highest BCUT2D eigenvalue weighted by Crippen LogP contribution is 2.27. The van der Waals surface area contributed by atoms with E-state index in [0.717, 1.165) is 11.1 Å². The molecule has 28 heavy (non-hydrogen) atoms. The standard InChI is InChI=1S/C19H21NO8/c1-26-18(25)13-8-11(6-7-20-13)10-2-4-12(5-3-10)27-19-17(24)16(23)15(22)14(9-21)28-19/h2-8,14-17,19,21-24H,9H2,1H3/t14-,15-,16+,17?,19?/m1/s1. The van der Waals surface area contributed by atoms with Gasteiger partial charge in [0.2, 0.25) is 6.29 Å². The number of aliphatic hydroxyl groups excluding tert-OH is 4. The van der Waals surface area contributed by atoms with E-state index in [2.05, 4.69) is 9.72 Å². The Kier molecular flexibility index (Phi) is 6.22. The number of aliphatic hydroxyl groups is 4. The minimum Gasteiger partial charge on any atom is -0.464 e.